The number of carbonyl (C=O) groups is 4. The average Bonchev–Trinajstić information content (AvgIpc) is 2.68. The maximum atomic E-state index is 12.3. The predicted molar refractivity (Wildman–Crippen MR) is 109 cm³/mol. The maximum absolute atomic E-state index is 12.3. The summed E-state index contributed by atoms with van der Waals surface area (Å²) in [5, 5.41) is 0. The van der Waals surface area contributed by atoms with Gasteiger partial charge < -0.3 is 0 Å². The SMILES string of the molecule is CCC[CH2][Sn]([CH2]CCC)([O]C(=O)/C=C\C(=O)OCC)[O]C(=O)/C=C\C(=O)OCC. The van der Waals surface area contributed by atoms with Crippen molar-refractivity contribution < 1.29 is 34.8 Å². The summed E-state index contributed by atoms with van der Waals surface area (Å²) >= 11 is -4.15. The van der Waals surface area contributed by atoms with E-state index in [-0.39, 0.29) is 13.2 Å². The quantitative estimate of drug-likeness (QED) is 0.196. The van der Waals surface area contributed by atoms with Gasteiger partial charge >= 0.3 is 178 Å². The van der Waals surface area contributed by atoms with Crippen LogP contribution in [0.5, 0.6) is 0 Å². The van der Waals surface area contributed by atoms with Crippen LogP contribution in [0.3, 0.4) is 0 Å². The molecule has 0 rings (SSSR count). The zero-order valence-corrected chi connectivity index (χ0v) is 20.6. The van der Waals surface area contributed by atoms with Crippen molar-refractivity contribution >= 4 is 43.1 Å². The zero-order chi connectivity index (χ0) is 22.1. The molecule has 0 bridgehead atoms. The van der Waals surface area contributed by atoms with Crippen molar-refractivity contribution in [2.75, 3.05) is 13.2 Å². The molecule has 0 saturated carbocycles. The third-order valence-electron chi connectivity index (χ3n) is 3.68. The molecule has 0 aliphatic heterocycles. The van der Waals surface area contributed by atoms with Gasteiger partial charge in [-0.25, -0.2) is 0 Å². The van der Waals surface area contributed by atoms with Crippen LogP contribution in [0.1, 0.15) is 53.4 Å². The normalized spacial score (nSPS) is 11.4. The Kier molecular flexibility index (Phi) is 15.0. The minimum absolute atomic E-state index is 0.193. The molecular weight excluding hydrogens is 487 g/mol. The van der Waals surface area contributed by atoms with E-state index in [1.165, 1.54) is 0 Å². The Morgan fingerprint density at radius 2 is 0.966 bits per heavy atom. The first-order valence-corrected chi connectivity index (χ1v) is 16.3. The van der Waals surface area contributed by atoms with Crippen LogP contribution in [-0.4, -0.2) is 56.3 Å². The molecule has 29 heavy (non-hydrogen) atoms. The molecule has 0 saturated heterocycles. The van der Waals surface area contributed by atoms with E-state index in [1.807, 2.05) is 13.8 Å². The second-order valence-corrected chi connectivity index (χ2v) is 15.3. The third kappa shape index (κ3) is 13.1. The Morgan fingerprint density at radius 3 is 1.28 bits per heavy atom. The summed E-state index contributed by atoms with van der Waals surface area (Å²) in [5.74, 6) is -2.77. The van der Waals surface area contributed by atoms with Crippen LogP contribution in [-0.2, 0) is 34.8 Å². The fourth-order valence-corrected chi connectivity index (χ4v) is 11.9. The first-order valence-electron chi connectivity index (χ1n) is 9.98. The Hall–Kier alpha value is -1.84. The molecule has 9 heteroatoms. The van der Waals surface area contributed by atoms with Crippen molar-refractivity contribution in [2.45, 2.75) is 62.3 Å². The molecule has 164 valence electrons. The van der Waals surface area contributed by atoms with Crippen molar-refractivity contribution in [3.8, 4) is 0 Å². The summed E-state index contributed by atoms with van der Waals surface area (Å²) in [6.45, 7) is 7.68. The van der Waals surface area contributed by atoms with Gasteiger partial charge in [-0.3, -0.25) is 0 Å². The summed E-state index contributed by atoms with van der Waals surface area (Å²) in [5.41, 5.74) is 0. The summed E-state index contributed by atoms with van der Waals surface area (Å²) < 4.78 is 21.8. The van der Waals surface area contributed by atoms with E-state index in [0.29, 0.717) is 8.87 Å². The van der Waals surface area contributed by atoms with Crippen molar-refractivity contribution in [1.29, 1.82) is 0 Å². The number of carbonyl (C=O) groups excluding carboxylic acids is 4. The van der Waals surface area contributed by atoms with Gasteiger partial charge in [0.05, 0.1) is 0 Å². The van der Waals surface area contributed by atoms with Gasteiger partial charge in [0, 0.05) is 0 Å². The minimum atomic E-state index is -4.15. The Bertz CT molecular complexity index is 545. The van der Waals surface area contributed by atoms with E-state index >= 15 is 0 Å². The van der Waals surface area contributed by atoms with E-state index in [1.54, 1.807) is 13.8 Å². The second kappa shape index (κ2) is 16.0. The van der Waals surface area contributed by atoms with Gasteiger partial charge in [0.15, 0.2) is 0 Å². The Morgan fingerprint density at radius 1 is 0.621 bits per heavy atom. The van der Waals surface area contributed by atoms with Crippen molar-refractivity contribution in [1.82, 2.24) is 0 Å². The Balaban J connectivity index is 5.39. The number of esters is 2. The zero-order valence-electron chi connectivity index (χ0n) is 17.7. The van der Waals surface area contributed by atoms with Gasteiger partial charge in [-0.1, -0.05) is 0 Å². The van der Waals surface area contributed by atoms with E-state index in [2.05, 4.69) is 0 Å². The van der Waals surface area contributed by atoms with Crippen LogP contribution in [0, 0.1) is 0 Å². The molecule has 0 heterocycles. The summed E-state index contributed by atoms with van der Waals surface area (Å²) in [6, 6.07) is 0. The van der Waals surface area contributed by atoms with Gasteiger partial charge in [0.25, 0.3) is 0 Å². The molecule has 8 nitrogen and oxygen atoms in total. The molecular formula is C20H32O8Sn. The van der Waals surface area contributed by atoms with Gasteiger partial charge in [-0.2, -0.15) is 0 Å². The molecule has 0 fully saturated rings. The molecule has 0 aromatic carbocycles. The van der Waals surface area contributed by atoms with E-state index in [4.69, 9.17) is 15.6 Å². The number of rotatable bonds is 14. The fraction of sp³-hybridized carbons (Fsp3) is 0.600. The molecule has 0 aromatic rings. The molecule has 0 unspecified atom stereocenters. The van der Waals surface area contributed by atoms with E-state index < -0.39 is 43.1 Å². The first-order chi connectivity index (χ1) is 13.8. The van der Waals surface area contributed by atoms with E-state index in [0.717, 1.165) is 50.0 Å². The molecule has 0 aromatic heterocycles. The topological polar surface area (TPSA) is 105 Å². The molecule has 0 N–H and O–H groups in total. The molecule has 0 amide bonds. The third-order valence-corrected chi connectivity index (χ3v) is 13.3. The summed E-state index contributed by atoms with van der Waals surface area (Å²) in [6.07, 6.45) is 7.13. The molecule has 0 radical (unpaired) electrons. The summed E-state index contributed by atoms with van der Waals surface area (Å²) in [4.78, 5) is 47.4. The Labute approximate surface area is 177 Å². The van der Waals surface area contributed by atoms with Gasteiger partial charge in [-0.05, 0) is 0 Å². The van der Waals surface area contributed by atoms with Gasteiger partial charge in [0.2, 0.25) is 0 Å². The molecule has 0 spiro atoms. The summed E-state index contributed by atoms with van der Waals surface area (Å²) in [7, 11) is 0. The predicted octanol–water partition coefficient (Wildman–Crippen LogP) is 3.35. The van der Waals surface area contributed by atoms with Crippen LogP contribution in [0.15, 0.2) is 24.3 Å². The van der Waals surface area contributed by atoms with Gasteiger partial charge in [-0.15, -0.1) is 0 Å². The van der Waals surface area contributed by atoms with Crippen LogP contribution in [0.4, 0.5) is 0 Å². The number of hydrogen-bond acceptors (Lipinski definition) is 8. The molecule has 0 atom stereocenters. The monoisotopic (exact) mass is 520 g/mol. The van der Waals surface area contributed by atoms with Crippen molar-refractivity contribution in [2.24, 2.45) is 0 Å². The van der Waals surface area contributed by atoms with Crippen LogP contribution in [0.2, 0.25) is 8.87 Å². The first kappa shape index (κ1) is 27.2. The van der Waals surface area contributed by atoms with Crippen LogP contribution < -0.4 is 0 Å². The van der Waals surface area contributed by atoms with Crippen molar-refractivity contribution in [3.05, 3.63) is 24.3 Å². The van der Waals surface area contributed by atoms with Gasteiger partial charge in [0.1, 0.15) is 0 Å². The standard InChI is InChI=1S/2C6H8O4.2C4H9.Sn/c2*1-2-10-6(9)4-3-5(7)8;2*1-3-4-2;/h2*3-4H,2H2,1H3,(H,7,8);2*1,3-4H2,2H3;/q;;;;+2/p-2/b2*4-3-;;;. The average molecular weight is 519 g/mol. The number of ether oxygens (including phenoxy) is 2. The fourth-order valence-electron chi connectivity index (χ4n) is 2.33. The van der Waals surface area contributed by atoms with E-state index in [9.17, 15) is 19.2 Å². The van der Waals surface area contributed by atoms with Crippen LogP contribution in [0.25, 0.3) is 0 Å². The van der Waals surface area contributed by atoms with Crippen molar-refractivity contribution in [3.63, 3.8) is 0 Å². The molecule has 0 aliphatic rings. The van der Waals surface area contributed by atoms with Crippen LogP contribution >= 0.6 is 0 Å². The number of hydrogen-bond donors (Lipinski definition) is 0. The number of unbranched alkanes of at least 4 members (excludes halogenated alkanes) is 2. The second-order valence-electron chi connectivity index (χ2n) is 6.13. The molecule has 0 aliphatic carbocycles.